The van der Waals surface area contributed by atoms with E-state index in [0.29, 0.717) is 23.6 Å². The van der Waals surface area contributed by atoms with Crippen LogP contribution in [-0.2, 0) is 23.1 Å². The molecule has 0 aliphatic heterocycles. The molecule has 0 heterocycles. The van der Waals surface area contributed by atoms with Gasteiger partial charge in [-0.25, -0.2) is 0 Å². The number of nitrogens with one attached hydrogen (secondary N) is 1. The van der Waals surface area contributed by atoms with E-state index in [0.717, 1.165) is 12.8 Å². The molecule has 2 aromatic carbocycles. The summed E-state index contributed by atoms with van der Waals surface area (Å²) >= 11 is 0. The summed E-state index contributed by atoms with van der Waals surface area (Å²) in [7, 11) is 0. The van der Waals surface area contributed by atoms with E-state index in [1.165, 1.54) is 24.0 Å². The van der Waals surface area contributed by atoms with Crippen molar-refractivity contribution in [1.82, 2.24) is 5.32 Å². The molecule has 2 aromatic rings. The van der Waals surface area contributed by atoms with E-state index in [1.54, 1.807) is 24.3 Å². The van der Waals surface area contributed by atoms with E-state index in [9.17, 15) is 9.59 Å². The van der Waals surface area contributed by atoms with Crippen LogP contribution in [0.15, 0.2) is 48.5 Å². The number of aliphatic carboxylic acids is 1. The van der Waals surface area contributed by atoms with Gasteiger partial charge in [0.1, 0.15) is 0 Å². The van der Waals surface area contributed by atoms with Gasteiger partial charge in [-0.05, 0) is 60.4 Å². The molecule has 4 rings (SSSR count). The molecule has 4 heteroatoms. The molecule has 1 spiro atoms. The van der Waals surface area contributed by atoms with Gasteiger partial charge < -0.3 is 10.4 Å². The third-order valence-electron chi connectivity index (χ3n) is 5.91. The molecule has 4 nitrogen and oxygen atoms in total. The summed E-state index contributed by atoms with van der Waals surface area (Å²) < 4.78 is 0. The second-order valence-corrected chi connectivity index (χ2v) is 7.55. The fraction of sp³-hybridized carbons (Fsp3) is 0.364. The Hall–Kier alpha value is -2.62. The number of hydrogen-bond acceptors (Lipinski definition) is 2. The van der Waals surface area contributed by atoms with E-state index in [2.05, 4.69) is 29.6 Å². The molecule has 1 amide bonds. The van der Waals surface area contributed by atoms with Gasteiger partial charge in [-0.15, -0.1) is 0 Å². The third-order valence-corrected chi connectivity index (χ3v) is 5.91. The minimum Gasteiger partial charge on any atom is -0.481 e. The Bertz CT molecular complexity index is 860. The normalized spacial score (nSPS) is 23.3. The first-order chi connectivity index (χ1) is 12.6. The number of benzene rings is 2. The van der Waals surface area contributed by atoms with Crippen molar-refractivity contribution in [2.24, 2.45) is 5.92 Å². The average Bonchev–Trinajstić information content (AvgIpc) is 3.33. The first kappa shape index (κ1) is 16.8. The number of fused-ring (bicyclic) bond motifs is 2. The molecule has 0 radical (unpaired) electrons. The molecular formula is C22H23NO3. The monoisotopic (exact) mass is 349 g/mol. The molecule has 1 fully saturated rings. The van der Waals surface area contributed by atoms with Crippen LogP contribution in [-0.4, -0.2) is 23.5 Å². The predicted octanol–water partition coefficient (Wildman–Crippen LogP) is 3.34. The zero-order chi connectivity index (χ0) is 18.1. The second-order valence-electron chi connectivity index (χ2n) is 7.55. The largest absolute Gasteiger partial charge is 0.481 e. The first-order valence-electron chi connectivity index (χ1n) is 9.26. The summed E-state index contributed by atoms with van der Waals surface area (Å²) in [5, 5.41) is 12.0. The number of amides is 1. The van der Waals surface area contributed by atoms with E-state index in [4.69, 9.17) is 5.11 Å². The van der Waals surface area contributed by atoms with Gasteiger partial charge in [-0.2, -0.15) is 0 Å². The molecule has 2 aliphatic carbocycles. The molecule has 0 saturated heterocycles. The maximum absolute atomic E-state index is 12.5. The summed E-state index contributed by atoms with van der Waals surface area (Å²) in [6.07, 6.45) is 4.66. The molecule has 0 bridgehead atoms. The lowest BCUT2D eigenvalue weighted by Gasteiger charge is -2.26. The highest BCUT2D eigenvalue weighted by molar-refractivity contribution is 5.94. The van der Waals surface area contributed by atoms with Crippen LogP contribution < -0.4 is 5.32 Å². The maximum atomic E-state index is 12.5. The van der Waals surface area contributed by atoms with Gasteiger partial charge in [0.05, 0.1) is 6.42 Å². The van der Waals surface area contributed by atoms with Gasteiger partial charge in [0.25, 0.3) is 5.91 Å². The number of carbonyl (C=O) groups is 2. The van der Waals surface area contributed by atoms with Crippen LogP contribution >= 0.6 is 0 Å². The second kappa shape index (κ2) is 6.60. The minimum atomic E-state index is -0.890. The Morgan fingerprint density at radius 2 is 2.00 bits per heavy atom. The van der Waals surface area contributed by atoms with Crippen LogP contribution in [0.2, 0.25) is 0 Å². The van der Waals surface area contributed by atoms with E-state index in [-0.39, 0.29) is 17.7 Å². The van der Waals surface area contributed by atoms with Crippen LogP contribution in [0.25, 0.3) is 0 Å². The fourth-order valence-corrected chi connectivity index (χ4v) is 4.55. The van der Waals surface area contributed by atoms with Crippen LogP contribution in [0.5, 0.6) is 0 Å². The standard InChI is InChI=1S/C22H23NO3/c24-20(25)12-15-5-3-7-17(11-15)21(26)23-14-18-13-22(18)10-4-8-16-6-1-2-9-19(16)22/h1-3,5-7,9,11,18H,4,8,10,12-14H2,(H,23,26)(H,24,25)/t18-,22+/m0/s1. The first-order valence-corrected chi connectivity index (χ1v) is 9.26. The van der Waals surface area contributed by atoms with Gasteiger partial charge in [0, 0.05) is 17.5 Å². The van der Waals surface area contributed by atoms with Crippen molar-refractivity contribution in [1.29, 1.82) is 0 Å². The van der Waals surface area contributed by atoms with Gasteiger partial charge in [-0.1, -0.05) is 36.4 Å². The van der Waals surface area contributed by atoms with Crippen LogP contribution in [0.1, 0.15) is 46.3 Å². The Labute approximate surface area is 153 Å². The molecule has 134 valence electrons. The van der Waals surface area contributed by atoms with Crippen molar-refractivity contribution < 1.29 is 14.7 Å². The lowest BCUT2D eigenvalue weighted by Crippen LogP contribution is -2.29. The van der Waals surface area contributed by atoms with Crippen LogP contribution in [0, 0.1) is 5.92 Å². The quantitative estimate of drug-likeness (QED) is 0.870. The smallest absolute Gasteiger partial charge is 0.307 e. The number of carbonyl (C=O) groups excluding carboxylic acids is 1. The molecular weight excluding hydrogens is 326 g/mol. The highest BCUT2D eigenvalue weighted by Gasteiger charge is 2.56. The molecule has 2 N–H and O–H groups in total. The Balaban J connectivity index is 1.40. The van der Waals surface area contributed by atoms with Crippen molar-refractivity contribution in [3.8, 4) is 0 Å². The lowest BCUT2D eigenvalue weighted by molar-refractivity contribution is -0.136. The van der Waals surface area contributed by atoms with Gasteiger partial charge in [-0.3, -0.25) is 9.59 Å². The summed E-state index contributed by atoms with van der Waals surface area (Å²) in [4.78, 5) is 23.3. The number of rotatable bonds is 5. The van der Waals surface area contributed by atoms with Crippen LogP contribution in [0.4, 0.5) is 0 Å². The molecule has 26 heavy (non-hydrogen) atoms. The van der Waals surface area contributed by atoms with Crippen molar-refractivity contribution >= 4 is 11.9 Å². The summed E-state index contributed by atoms with van der Waals surface area (Å²) in [6, 6.07) is 15.6. The summed E-state index contributed by atoms with van der Waals surface area (Å²) in [5.74, 6) is -0.517. The number of carboxylic acid groups (broad SMARTS) is 1. The summed E-state index contributed by atoms with van der Waals surface area (Å²) in [5.41, 5.74) is 4.38. The van der Waals surface area contributed by atoms with E-state index in [1.807, 2.05) is 0 Å². The zero-order valence-corrected chi connectivity index (χ0v) is 14.7. The summed E-state index contributed by atoms with van der Waals surface area (Å²) in [6.45, 7) is 0.677. The predicted molar refractivity (Wildman–Crippen MR) is 99.3 cm³/mol. The molecule has 1 saturated carbocycles. The average molecular weight is 349 g/mol. The Morgan fingerprint density at radius 3 is 2.85 bits per heavy atom. The highest BCUT2D eigenvalue weighted by Crippen LogP contribution is 2.59. The van der Waals surface area contributed by atoms with Crippen molar-refractivity contribution in [2.45, 2.75) is 37.5 Å². The Kier molecular flexibility index (Phi) is 4.27. The number of aryl methyl sites for hydroxylation is 1. The lowest BCUT2D eigenvalue weighted by atomic mass is 9.78. The van der Waals surface area contributed by atoms with Crippen molar-refractivity contribution in [3.63, 3.8) is 0 Å². The molecule has 2 atom stereocenters. The van der Waals surface area contributed by atoms with Crippen molar-refractivity contribution in [2.75, 3.05) is 6.54 Å². The Morgan fingerprint density at radius 1 is 1.15 bits per heavy atom. The SMILES string of the molecule is O=C(O)Cc1cccc(C(=O)NC[C@@H]2C[C@]23CCCc2ccccc23)c1. The fourth-order valence-electron chi connectivity index (χ4n) is 4.55. The van der Waals surface area contributed by atoms with Gasteiger partial charge in [0.15, 0.2) is 0 Å². The minimum absolute atomic E-state index is 0.0658. The zero-order valence-electron chi connectivity index (χ0n) is 14.7. The van der Waals surface area contributed by atoms with E-state index >= 15 is 0 Å². The van der Waals surface area contributed by atoms with Crippen LogP contribution in [0.3, 0.4) is 0 Å². The molecule has 0 unspecified atom stereocenters. The molecule has 2 aliphatic rings. The van der Waals surface area contributed by atoms with Gasteiger partial charge in [0.2, 0.25) is 0 Å². The van der Waals surface area contributed by atoms with E-state index < -0.39 is 5.97 Å². The molecule has 0 aromatic heterocycles. The maximum Gasteiger partial charge on any atom is 0.307 e. The van der Waals surface area contributed by atoms with Crippen molar-refractivity contribution in [3.05, 3.63) is 70.8 Å². The number of carboxylic acids is 1. The highest BCUT2D eigenvalue weighted by atomic mass is 16.4. The topological polar surface area (TPSA) is 66.4 Å². The third kappa shape index (κ3) is 3.12. The number of hydrogen-bond donors (Lipinski definition) is 2. The van der Waals surface area contributed by atoms with Gasteiger partial charge >= 0.3 is 5.97 Å².